The van der Waals surface area contributed by atoms with Gasteiger partial charge in [-0.2, -0.15) is 0 Å². The number of hydrogen-bond acceptors (Lipinski definition) is 1. The molecule has 0 fully saturated rings. The van der Waals surface area contributed by atoms with Gasteiger partial charge in [0.25, 0.3) is 0 Å². The van der Waals surface area contributed by atoms with E-state index in [4.69, 9.17) is 5.73 Å². The summed E-state index contributed by atoms with van der Waals surface area (Å²) in [5.41, 5.74) is 5.77. The summed E-state index contributed by atoms with van der Waals surface area (Å²) in [4.78, 5) is 11.8. The summed E-state index contributed by atoms with van der Waals surface area (Å²) in [6, 6.07) is 0. The molecular weight excluding hydrogens is 255 g/mol. The molecule has 1 unspecified atom stereocenters. The van der Waals surface area contributed by atoms with Crippen molar-refractivity contribution >= 4 is 5.91 Å². The third kappa shape index (κ3) is 3.02. The first-order chi connectivity index (χ1) is 4.70. The highest BCUT2D eigenvalue weighted by atomic mass is 127. The van der Waals surface area contributed by atoms with Gasteiger partial charge in [0.15, 0.2) is 0 Å². The predicted molar refractivity (Wildman–Crippen MR) is 38.2 cm³/mol. The van der Waals surface area contributed by atoms with Crippen molar-refractivity contribution < 1.29 is 33.7 Å². The molecule has 4 heteroatoms. The summed E-state index contributed by atoms with van der Waals surface area (Å²) < 4.78 is 0. The Hall–Kier alpha value is -0.360. The predicted octanol–water partition coefficient (Wildman–Crippen LogP) is -4.56. The van der Waals surface area contributed by atoms with Crippen LogP contribution < -0.4 is 34.6 Å². The Morgan fingerprint density at radius 2 is 2.36 bits per heavy atom. The van der Waals surface area contributed by atoms with E-state index >= 15 is 0 Å². The molecule has 1 aliphatic heterocycles. The lowest BCUT2D eigenvalue weighted by atomic mass is 10.2. The van der Waals surface area contributed by atoms with E-state index in [1.54, 1.807) is 6.08 Å². The van der Waals surface area contributed by atoms with Crippen LogP contribution in [-0.4, -0.2) is 19.5 Å². The summed E-state index contributed by atoms with van der Waals surface area (Å²) in [6.07, 6.45) is 5.58. The van der Waals surface area contributed by atoms with Gasteiger partial charge in [-0.15, -0.1) is 0 Å². The molecule has 0 aromatic carbocycles. The third-order valence-corrected chi connectivity index (χ3v) is 1.46. The van der Waals surface area contributed by atoms with E-state index in [1.165, 1.54) is 4.90 Å². The van der Waals surface area contributed by atoms with Crippen LogP contribution in [0.15, 0.2) is 23.9 Å². The fraction of sp³-hybridized carbons (Fsp3) is 0.286. The maximum absolute atomic E-state index is 10.6. The molecule has 11 heavy (non-hydrogen) atoms. The lowest BCUT2D eigenvalue weighted by molar-refractivity contribution is -0.819. The van der Waals surface area contributed by atoms with Gasteiger partial charge in [-0.05, 0) is 12.2 Å². The number of primary amides is 1. The summed E-state index contributed by atoms with van der Waals surface area (Å²) >= 11 is 0. The first-order valence-electron chi connectivity index (χ1n) is 3.19. The molecule has 0 aromatic heterocycles. The molecule has 0 aromatic rings. The third-order valence-electron chi connectivity index (χ3n) is 1.46. The van der Waals surface area contributed by atoms with Gasteiger partial charge in [0, 0.05) is 0 Å². The lowest BCUT2D eigenvalue weighted by Crippen LogP contribution is -3.05. The zero-order chi connectivity index (χ0) is 7.56. The highest BCUT2D eigenvalue weighted by molar-refractivity contribution is 5.92. The normalized spacial score (nSPS) is 21.9. The second kappa shape index (κ2) is 4.50. The molecule has 3 nitrogen and oxygen atoms in total. The molecule has 1 rings (SSSR count). The Balaban J connectivity index is 0.000001000. The highest BCUT2D eigenvalue weighted by Gasteiger charge is 2.11. The maximum atomic E-state index is 10.6. The fourth-order valence-corrected chi connectivity index (χ4v) is 0.916. The van der Waals surface area contributed by atoms with Crippen molar-refractivity contribution in [3.8, 4) is 0 Å². The van der Waals surface area contributed by atoms with Crippen molar-refractivity contribution in [1.82, 2.24) is 0 Å². The second-order valence-corrected chi connectivity index (χ2v) is 2.44. The van der Waals surface area contributed by atoms with Crippen LogP contribution >= 0.6 is 0 Å². The Morgan fingerprint density at radius 3 is 2.73 bits per heavy atom. The number of quaternary nitrogens is 1. The lowest BCUT2D eigenvalue weighted by Gasteiger charge is -2.11. The monoisotopic (exact) mass is 266 g/mol. The standard InChI is InChI=1S/C7H10N2O.HI/c1-9-4-2-3-6(5-9)7(8)10;/h2-4H,5H2,1H3,(H2,8,10);1H. The van der Waals surface area contributed by atoms with Crippen molar-refractivity contribution in [2.75, 3.05) is 13.6 Å². The van der Waals surface area contributed by atoms with Crippen LogP contribution in [0.3, 0.4) is 0 Å². The number of allylic oxidation sites excluding steroid dienone is 2. The van der Waals surface area contributed by atoms with Gasteiger partial charge >= 0.3 is 0 Å². The van der Waals surface area contributed by atoms with Gasteiger partial charge in [0.1, 0.15) is 6.54 Å². The number of nitrogens with one attached hydrogen (secondary N) is 1. The number of rotatable bonds is 1. The fourth-order valence-electron chi connectivity index (χ4n) is 0.916. The highest BCUT2D eigenvalue weighted by Crippen LogP contribution is 1.92. The van der Waals surface area contributed by atoms with Crippen LogP contribution in [0.4, 0.5) is 0 Å². The number of hydrogen-bond donors (Lipinski definition) is 2. The molecule has 0 saturated heterocycles. The summed E-state index contributed by atoms with van der Waals surface area (Å²) in [7, 11) is 1.98. The van der Waals surface area contributed by atoms with E-state index in [0.29, 0.717) is 12.1 Å². The van der Waals surface area contributed by atoms with E-state index in [0.717, 1.165) is 0 Å². The Bertz CT molecular complexity index is 210. The molecule has 1 amide bonds. The minimum atomic E-state index is -0.316. The van der Waals surface area contributed by atoms with Crippen LogP contribution in [0.25, 0.3) is 0 Å². The largest absolute Gasteiger partial charge is 1.00 e. The zero-order valence-corrected chi connectivity index (χ0v) is 8.46. The van der Waals surface area contributed by atoms with Gasteiger partial charge in [0.05, 0.1) is 18.8 Å². The Morgan fingerprint density at radius 1 is 1.73 bits per heavy atom. The van der Waals surface area contributed by atoms with E-state index < -0.39 is 0 Å². The zero-order valence-electron chi connectivity index (χ0n) is 6.30. The number of likely N-dealkylation sites (N-methyl/N-ethyl adjacent to an activating group) is 1. The SMILES string of the molecule is C[NH+]1C=CC=C(C(N)=O)C1.[I-]. The average molecular weight is 266 g/mol. The van der Waals surface area contributed by atoms with Gasteiger partial charge < -0.3 is 34.6 Å². The molecule has 62 valence electrons. The number of amides is 1. The minimum absolute atomic E-state index is 0. The quantitative estimate of drug-likeness (QED) is 0.461. The number of halogens is 1. The average Bonchev–Trinajstić information content (AvgIpc) is 1.88. The minimum Gasteiger partial charge on any atom is -1.00 e. The smallest absolute Gasteiger partial charge is 0.250 e. The molecule has 0 radical (unpaired) electrons. The molecule has 0 aliphatic carbocycles. The molecule has 1 heterocycles. The van der Waals surface area contributed by atoms with Crippen LogP contribution in [0.5, 0.6) is 0 Å². The van der Waals surface area contributed by atoms with Crippen LogP contribution in [-0.2, 0) is 4.79 Å². The maximum Gasteiger partial charge on any atom is 0.250 e. The Labute approximate surface area is 82.9 Å². The molecule has 0 spiro atoms. The number of nitrogens with two attached hydrogens (primary N) is 1. The molecule has 0 bridgehead atoms. The second-order valence-electron chi connectivity index (χ2n) is 2.44. The van der Waals surface area contributed by atoms with Crippen molar-refractivity contribution in [1.29, 1.82) is 0 Å². The summed E-state index contributed by atoms with van der Waals surface area (Å²) in [6.45, 7) is 0.700. The molecule has 1 atom stereocenters. The molecule has 1 aliphatic rings. The van der Waals surface area contributed by atoms with Crippen LogP contribution in [0.2, 0.25) is 0 Å². The first-order valence-corrected chi connectivity index (χ1v) is 3.19. The topological polar surface area (TPSA) is 47.5 Å². The van der Waals surface area contributed by atoms with E-state index in [9.17, 15) is 4.79 Å². The summed E-state index contributed by atoms with van der Waals surface area (Å²) in [5.74, 6) is -0.316. The molecule has 3 N–H and O–H groups in total. The number of carbonyl (C=O) groups excluding carboxylic acids is 1. The van der Waals surface area contributed by atoms with Crippen molar-refractivity contribution in [3.63, 3.8) is 0 Å². The van der Waals surface area contributed by atoms with Crippen molar-refractivity contribution in [3.05, 3.63) is 23.9 Å². The van der Waals surface area contributed by atoms with Gasteiger partial charge in [0.2, 0.25) is 5.91 Å². The van der Waals surface area contributed by atoms with E-state index in [2.05, 4.69) is 0 Å². The van der Waals surface area contributed by atoms with Crippen LogP contribution in [0, 0.1) is 0 Å². The van der Waals surface area contributed by atoms with E-state index in [1.807, 2.05) is 19.3 Å². The van der Waals surface area contributed by atoms with Gasteiger partial charge in [-0.3, -0.25) is 4.79 Å². The molecule has 0 saturated carbocycles. The molecular formula is C7H11IN2O. The van der Waals surface area contributed by atoms with Crippen molar-refractivity contribution in [2.45, 2.75) is 0 Å². The first kappa shape index (κ1) is 10.6. The Kier molecular flexibility index (Phi) is 4.36. The van der Waals surface area contributed by atoms with Crippen LogP contribution in [0.1, 0.15) is 0 Å². The van der Waals surface area contributed by atoms with Gasteiger partial charge in [-0.25, -0.2) is 0 Å². The van der Waals surface area contributed by atoms with E-state index in [-0.39, 0.29) is 29.9 Å². The summed E-state index contributed by atoms with van der Waals surface area (Å²) in [5, 5.41) is 0. The van der Waals surface area contributed by atoms with Crippen molar-refractivity contribution in [2.24, 2.45) is 5.73 Å². The van der Waals surface area contributed by atoms with Gasteiger partial charge in [-0.1, -0.05) is 0 Å². The number of carbonyl (C=O) groups is 1.